The molecule has 6 nitrogen and oxygen atoms in total. The van der Waals surface area contributed by atoms with Gasteiger partial charge in [0.2, 0.25) is 0 Å². The van der Waals surface area contributed by atoms with Crippen molar-refractivity contribution in [1.82, 2.24) is 0 Å². The minimum atomic E-state index is -1.01. The summed E-state index contributed by atoms with van der Waals surface area (Å²) in [4.78, 5) is 21.7. The van der Waals surface area contributed by atoms with Crippen LogP contribution in [0.15, 0.2) is 36.4 Å². The van der Waals surface area contributed by atoms with E-state index in [1.54, 1.807) is 0 Å². The third-order valence-corrected chi connectivity index (χ3v) is 3.02. The Morgan fingerprint density at radius 2 is 1.95 bits per heavy atom. The number of hydrogen-bond donors (Lipinski definition) is 1. The average molecular weight is 345 g/mol. The van der Waals surface area contributed by atoms with E-state index < -0.39 is 22.5 Å². The number of nitrogens with zero attached hydrogens (tertiary/aromatic N) is 1. The van der Waals surface area contributed by atoms with E-state index in [1.165, 1.54) is 18.2 Å². The van der Waals surface area contributed by atoms with Gasteiger partial charge in [0.05, 0.1) is 16.0 Å². The summed E-state index contributed by atoms with van der Waals surface area (Å²) in [7, 11) is 0. The van der Waals surface area contributed by atoms with E-state index in [4.69, 9.17) is 27.9 Å². The van der Waals surface area contributed by atoms with E-state index in [1.807, 2.05) is 0 Å². The largest absolute Gasteiger partial charge is 0.417 e. The molecule has 0 atom stereocenters. The zero-order valence-electron chi connectivity index (χ0n) is 10.7. The number of carbonyl (C=O) groups excluding carboxylic acids is 1. The maximum absolute atomic E-state index is 13.0. The van der Waals surface area contributed by atoms with Gasteiger partial charge >= 0.3 is 6.09 Å². The molecule has 0 aliphatic heterocycles. The minimum Gasteiger partial charge on any atom is -0.408 e. The van der Waals surface area contributed by atoms with E-state index in [9.17, 15) is 19.3 Å². The number of benzene rings is 2. The molecule has 0 radical (unpaired) electrons. The van der Waals surface area contributed by atoms with E-state index in [-0.39, 0.29) is 16.5 Å². The maximum atomic E-state index is 13.0. The van der Waals surface area contributed by atoms with Gasteiger partial charge in [-0.3, -0.25) is 15.4 Å². The lowest BCUT2D eigenvalue weighted by Crippen LogP contribution is -2.17. The van der Waals surface area contributed by atoms with E-state index in [0.29, 0.717) is 11.1 Å². The molecule has 0 spiro atoms. The van der Waals surface area contributed by atoms with Crippen molar-refractivity contribution in [3.05, 3.63) is 62.4 Å². The Morgan fingerprint density at radius 1 is 1.23 bits per heavy atom. The van der Waals surface area contributed by atoms with Gasteiger partial charge in [0.25, 0.3) is 5.69 Å². The molecule has 0 heterocycles. The number of anilines is 1. The quantitative estimate of drug-likeness (QED) is 0.648. The van der Waals surface area contributed by atoms with Crippen molar-refractivity contribution < 1.29 is 18.8 Å². The Hall–Kier alpha value is -2.38. The number of nitro groups is 1. The van der Waals surface area contributed by atoms with Gasteiger partial charge in [0.1, 0.15) is 11.5 Å². The first kappa shape index (κ1) is 16.0. The summed E-state index contributed by atoms with van der Waals surface area (Å²) in [5.74, 6) is -0.778. The molecular formula is C13H7Cl2FN2O4. The van der Waals surface area contributed by atoms with Crippen molar-refractivity contribution in [2.24, 2.45) is 0 Å². The topological polar surface area (TPSA) is 81.5 Å². The van der Waals surface area contributed by atoms with Crippen molar-refractivity contribution >= 4 is 40.7 Å². The molecule has 0 aliphatic carbocycles. The van der Waals surface area contributed by atoms with Crippen molar-refractivity contribution in [1.29, 1.82) is 0 Å². The standard InChI is InChI=1S/C13H7Cl2FN2O4/c14-7-1-4-12(9(15)5-7)22-13(19)17-10-3-2-8(16)6-11(10)18(20)21/h1-6H,(H,17,19). The maximum Gasteiger partial charge on any atom is 0.417 e. The normalized spacial score (nSPS) is 10.1. The Kier molecular flexibility index (Phi) is 4.79. The van der Waals surface area contributed by atoms with Crippen LogP contribution < -0.4 is 10.1 Å². The lowest BCUT2D eigenvalue weighted by atomic mass is 10.2. The highest BCUT2D eigenvalue weighted by molar-refractivity contribution is 6.35. The number of amides is 1. The predicted molar refractivity (Wildman–Crippen MR) is 79.2 cm³/mol. The summed E-state index contributed by atoms with van der Waals surface area (Å²) in [6.45, 7) is 0. The predicted octanol–water partition coefficient (Wildman–Crippen LogP) is 4.65. The van der Waals surface area contributed by atoms with E-state index >= 15 is 0 Å². The van der Waals surface area contributed by atoms with Crippen LogP contribution in [0.3, 0.4) is 0 Å². The fourth-order valence-electron chi connectivity index (χ4n) is 1.55. The van der Waals surface area contributed by atoms with Crippen molar-refractivity contribution in [2.45, 2.75) is 0 Å². The SMILES string of the molecule is O=C(Nc1ccc(F)cc1[N+](=O)[O-])Oc1ccc(Cl)cc1Cl. The van der Waals surface area contributed by atoms with Crippen LogP contribution in [0.2, 0.25) is 10.0 Å². The van der Waals surface area contributed by atoms with Gasteiger partial charge in [-0.2, -0.15) is 0 Å². The number of hydrogen-bond acceptors (Lipinski definition) is 4. The molecule has 2 rings (SSSR count). The molecular weight excluding hydrogens is 338 g/mol. The first-order chi connectivity index (χ1) is 10.4. The molecule has 0 fully saturated rings. The average Bonchev–Trinajstić information content (AvgIpc) is 2.43. The molecule has 1 N–H and O–H groups in total. The molecule has 2 aromatic carbocycles. The summed E-state index contributed by atoms with van der Waals surface area (Å²) < 4.78 is 17.9. The van der Waals surface area contributed by atoms with Crippen LogP contribution in [0.25, 0.3) is 0 Å². The Bertz CT molecular complexity index is 755. The van der Waals surface area contributed by atoms with Crippen LogP contribution in [0.4, 0.5) is 20.6 Å². The lowest BCUT2D eigenvalue weighted by Gasteiger charge is -2.08. The third kappa shape index (κ3) is 3.84. The van der Waals surface area contributed by atoms with Gasteiger partial charge in [-0.1, -0.05) is 23.2 Å². The number of carbonyl (C=O) groups is 1. The Morgan fingerprint density at radius 3 is 2.59 bits per heavy atom. The van der Waals surface area contributed by atoms with Crippen LogP contribution in [0.1, 0.15) is 0 Å². The first-order valence-electron chi connectivity index (χ1n) is 5.74. The fourth-order valence-corrected chi connectivity index (χ4v) is 2.00. The number of halogens is 3. The van der Waals surface area contributed by atoms with Crippen LogP contribution in [0, 0.1) is 15.9 Å². The molecule has 0 saturated carbocycles. The Balaban J connectivity index is 2.17. The summed E-state index contributed by atoms with van der Waals surface area (Å²) in [6, 6.07) is 6.90. The summed E-state index contributed by atoms with van der Waals surface area (Å²) >= 11 is 11.5. The van der Waals surface area contributed by atoms with Crippen LogP contribution in [0.5, 0.6) is 5.75 Å². The zero-order valence-corrected chi connectivity index (χ0v) is 12.2. The Labute approximate surface area is 133 Å². The highest BCUT2D eigenvalue weighted by Crippen LogP contribution is 2.29. The molecule has 0 unspecified atom stereocenters. The molecule has 0 bridgehead atoms. The molecule has 2 aromatic rings. The van der Waals surface area contributed by atoms with Crippen molar-refractivity contribution in [3.8, 4) is 5.75 Å². The number of ether oxygens (including phenoxy) is 1. The van der Waals surface area contributed by atoms with Crippen LogP contribution in [-0.2, 0) is 0 Å². The molecule has 1 amide bonds. The molecule has 114 valence electrons. The van der Waals surface area contributed by atoms with Gasteiger partial charge in [0.15, 0.2) is 5.75 Å². The first-order valence-corrected chi connectivity index (χ1v) is 6.50. The van der Waals surface area contributed by atoms with Crippen LogP contribution >= 0.6 is 23.2 Å². The van der Waals surface area contributed by atoms with Gasteiger partial charge in [-0.15, -0.1) is 0 Å². The second-order valence-corrected chi connectivity index (χ2v) is 4.85. The highest BCUT2D eigenvalue weighted by atomic mass is 35.5. The monoisotopic (exact) mass is 344 g/mol. The number of rotatable bonds is 3. The molecule has 0 saturated heterocycles. The van der Waals surface area contributed by atoms with Gasteiger partial charge < -0.3 is 4.74 Å². The third-order valence-electron chi connectivity index (χ3n) is 2.49. The fraction of sp³-hybridized carbons (Fsp3) is 0. The van der Waals surface area contributed by atoms with E-state index in [2.05, 4.69) is 5.32 Å². The smallest absolute Gasteiger partial charge is 0.408 e. The summed E-state index contributed by atoms with van der Waals surface area (Å²) in [5, 5.41) is 13.4. The molecule has 0 aliphatic rings. The van der Waals surface area contributed by atoms with E-state index in [0.717, 1.165) is 12.1 Å². The second-order valence-electron chi connectivity index (χ2n) is 4.01. The summed E-state index contributed by atoms with van der Waals surface area (Å²) in [5.41, 5.74) is -0.805. The van der Waals surface area contributed by atoms with Gasteiger partial charge in [0, 0.05) is 5.02 Å². The molecule has 0 aromatic heterocycles. The summed E-state index contributed by atoms with van der Waals surface area (Å²) in [6.07, 6.45) is -1.01. The zero-order chi connectivity index (χ0) is 16.3. The number of nitro benzene ring substituents is 1. The second kappa shape index (κ2) is 6.59. The van der Waals surface area contributed by atoms with Crippen molar-refractivity contribution in [3.63, 3.8) is 0 Å². The van der Waals surface area contributed by atoms with Gasteiger partial charge in [-0.05, 0) is 30.3 Å². The minimum absolute atomic E-state index is 0.0216. The van der Waals surface area contributed by atoms with Gasteiger partial charge in [-0.25, -0.2) is 9.18 Å². The highest BCUT2D eigenvalue weighted by Gasteiger charge is 2.18. The van der Waals surface area contributed by atoms with Crippen LogP contribution in [-0.4, -0.2) is 11.0 Å². The van der Waals surface area contributed by atoms with Crippen molar-refractivity contribution in [2.75, 3.05) is 5.32 Å². The lowest BCUT2D eigenvalue weighted by molar-refractivity contribution is -0.384. The molecule has 22 heavy (non-hydrogen) atoms. The molecule has 9 heteroatoms. The number of nitrogens with one attached hydrogen (secondary N) is 1.